The minimum absolute atomic E-state index is 0.121. The molecule has 0 radical (unpaired) electrons. The molecule has 0 amide bonds. The molecule has 2 atom stereocenters. The SMILES string of the molecule is CC(C)C1CCCN(C(C)C(=N)N)CC1. The molecule has 0 bridgehead atoms. The smallest absolute Gasteiger partial charge is 0.108 e. The van der Waals surface area contributed by atoms with Gasteiger partial charge in [-0.1, -0.05) is 13.8 Å². The van der Waals surface area contributed by atoms with Crippen LogP contribution in [-0.2, 0) is 0 Å². The van der Waals surface area contributed by atoms with Gasteiger partial charge in [0.15, 0.2) is 0 Å². The lowest BCUT2D eigenvalue weighted by Gasteiger charge is -2.26. The molecule has 1 heterocycles. The Morgan fingerprint density at radius 1 is 1.27 bits per heavy atom. The molecule has 15 heavy (non-hydrogen) atoms. The van der Waals surface area contributed by atoms with Gasteiger partial charge in [0.2, 0.25) is 0 Å². The van der Waals surface area contributed by atoms with Crippen molar-refractivity contribution < 1.29 is 0 Å². The lowest BCUT2D eigenvalue weighted by Crippen LogP contribution is -2.42. The van der Waals surface area contributed by atoms with E-state index in [-0.39, 0.29) is 6.04 Å². The Kier molecular flexibility index (Phi) is 4.58. The molecule has 0 aliphatic carbocycles. The van der Waals surface area contributed by atoms with Crippen molar-refractivity contribution in [2.75, 3.05) is 13.1 Å². The molecule has 1 rings (SSSR count). The van der Waals surface area contributed by atoms with Gasteiger partial charge < -0.3 is 5.73 Å². The fourth-order valence-corrected chi connectivity index (χ4v) is 2.40. The predicted octanol–water partition coefficient (Wildman–Crippen LogP) is 2.07. The van der Waals surface area contributed by atoms with E-state index < -0.39 is 0 Å². The summed E-state index contributed by atoms with van der Waals surface area (Å²) >= 11 is 0. The molecular formula is C12H25N3. The summed E-state index contributed by atoms with van der Waals surface area (Å²) in [5, 5.41) is 7.48. The predicted molar refractivity (Wildman–Crippen MR) is 65.1 cm³/mol. The second kappa shape index (κ2) is 5.50. The number of nitrogens with one attached hydrogen (secondary N) is 1. The van der Waals surface area contributed by atoms with Crippen LogP contribution in [0.1, 0.15) is 40.0 Å². The van der Waals surface area contributed by atoms with Crippen LogP contribution in [-0.4, -0.2) is 29.9 Å². The summed E-state index contributed by atoms with van der Waals surface area (Å²) in [7, 11) is 0. The maximum atomic E-state index is 7.48. The van der Waals surface area contributed by atoms with Crippen LogP contribution in [0, 0.1) is 17.2 Å². The fraction of sp³-hybridized carbons (Fsp3) is 0.917. The second-order valence-corrected chi connectivity index (χ2v) is 5.10. The summed E-state index contributed by atoms with van der Waals surface area (Å²) in [6, 6.07) is 0.121. The van der Waals surface area contributed by atoms with Gasteiger partial charge in [0.25, 0.3) is 0 Å². The van der Waals surface area contributed by atoms with E-state index in [0.29, 0.717) is 5.84 Å². The Morgan fingerprint density at radius 3 is 2.47 bits per heavy atom. The third-order valence-electron chi connectivity index (χ3n) is 3.75. The van der Waals surface area contributed by atoms with Crippen molar-refractivity contribution >= 4 is 5.84 Å². The molecule has 3 nitrogen and oxygen atoms in total. The van der Waals surface area contributed by atoms with E-state index in [0.717, 1.165) is 24.9 Å². The van der Waals surface area contributed by atoms with E-state index in [1.165, 1.54) is 19.3 Å². The Bertz CT molecular complexity index is 213. The van der Waals surface area contributed by atoms with Gasteiger partial charge in [-0.2, -0.15) is 0 Å². The van der Waals surface area contributed by atoms with Crippen LogP contribution < -0.4 is 5.73 Å². The van der Waals surface area contributed by atoms with Gasteiger partial charge in [-0.3, -0.25) is 10.3 Å². The van der Waals surface area contributed by atoms with Gasteiger partial charge in [0, 0.05) is 0 Å². The highest BCUT2D eigenvalue weighted by Gasteiger charge is 2.23. The van der Waals surface area contributed by atoms with Gasteiger partial charge in [0.1, 0.15) is 5.84 Å². The van der Waals surface area contributed by atoms with Crippen LogP contribution in [0.4, 0.5) is 0 Å². The lowest BCUT2D eigenvalue weighted by atomic mass is 9.89. The van der Waals surface area contributed by atoms with E-state index in [4.69, 9.17) is 11.1 Å². The third-order valence-corrected chi connectivity index (χ3v) is 3.75. The second-order valence-electron chi connectivity index (χ2n) is 5.10. The summed E-state index contributed by atoms with van der Waals surface area (Å²) in [6.45, 7) is 8.87. The van der Waals surface area contributed by atoms with Crippen molar-refractivity contribution in [1.82, 2.24) is 4.90 Å². The number of hydrogen-bond acceptors (Lipinski definition) is 2. The summed E-state index contributed by atoms with van der Waals surface area (Å²) in [4.78, 5) is 2.35. The molecule has 0 aromatic carbocycles. The molecule has 3 N–H and O–H groups in total. The number of likely N-dealkylation sites (tertiary alicyclic amines) is 1. The Morgan fingerprint density at radius 2 is 1.93 bits per heavy atom. The van der Waals surface area contributed by atoms with E-state index in [9.17, 15) is 0 Å². The maximum Gasteiger partial charge on any atom is 0.108 e. The first-order chi connectivity index (χ1) is 7.02. The summed E-state index contributed by atoms with van der Waals surface area (Å²) in [5.74, 6) is 1.95. The summed E-state index contributed by atoms with van der Waals surface area (Å²) < 4.78 is 0. The van der Waals surface area contributed by atoms with Gasteiger partial charge in [-0.25, -0.2) is 0 Å². The molecule has 1 aliphatic rings. The first-order valence-corrected chi connectivity index (χ1v) is 6.10. The zero-order valence-corrected chi connectivity index (χ0v) is 10.3. The van der Waals surface area contributed by atoms with Crippen molar-refractivity contribution in [3.05, 3.63) is 0 Å². The van der Waals surface area contributed by atoms with Gasteiger partial charge >= 0.3 is 0 Å². The standard InChI is InChI=1S/C12H25N3/c1-9(2)11-5-4-7-15(8-6-11)10(3)12(13)14/h9-11H,4-8H2,1-3H3,(H3,13,14). The number of amidine groups is 1. The zero-order chi connectivity index (χ0) is 11.4. The number of hydrogen-bond donors (Lipinski definition) is 2. The van der Waals surface area contributed by atoms with Crippen LogP contribution in [0.5, 0.6) is 0 Å². The molecule has 2 unspecified atom stereocenters. The quantitative estimate of drug-likeness (QED) is 0.554. The molecule has 88 valence electrons. The molecule has 1 fully saturated rings. The number of nitrogens with zero attached hydrogens (tertiary/aromatic N) is 1. The first-order valence-electron chi connectivity index (χ1n) is 6.10. The van der Waals surface area contributed by atoms with Gasteiger partial charge in [-0.15, -0.1) is 0 Å². The van der Waals surface area contributed by atoms with Crippen molar-refractivity contribution in [2.24, 2.45) is 17.6 Å². The van der Waals surface area contributed by atoms with E-state index in [1.54, 1.807) is 0 Å². The van der Waals surface area contributed by atoms with Crippen LogP contribution in [0.2, 0.25) is 0 Å². The number of nitrogens with two attached hydrogens (primary N) is 1. The van der Waals surface area contributed by atoms with Crippen LogP contribution >= 0.6 is 0 Å². The Balaban J connectivity index is 2.49. The first kappa shape index (κ1) is 12.5. The molecule has 0 aromatic heterocycles. The normalized spacial score (nSPS) is 26.3. The van der Waals surface area contributed by atoms with Crippen molar-refractivity contribution in [3.8, 4) is 0 Å². The van der Waals surface area contributed by atoms with E-state index >= 15 is 0 Å². The largest absolute Gasteiger partial charge is 0.386 e. The highest BCUT2D eigenvalue weighted by Crippen LogP contribution is 2.25. The lowest BCUT2D eigenvalue weighted by molar-refractivity contribution is 0.252. The molecule has 0 spiro atoms. The minimum atomic E-state index is 0.121. The molecule has 1 saturated heterocycles. The summed E-state index contributed by atoms with van der Waals surface area (Å²) in [5.41, 5.74) is 5.55. The highest BCUT2D eigenvalue weighted by molar-refractivity contribution is 5.82. The Labute approximate surface area is 93.5 Å². The van der Waals surface area contributed by atoms with Crippen molar-refractivity contribution in [3.63, 3.8) is 0 Å². The monoisotopic (exact) mass is 211 g/mol. The Hall–Kier alpha value is -0.570. The van der Waals surface area contributed by atoms with E-state index in [2.05, 4.69) is 18.7 Å². The van der Waals surface area contributed by atoms with Crippen LogP contribution in [0.3, 0.4) is 0 Å². The maximum absolute atomic E-state index is 7.48. The average Bonchev–Trinajstić information content (AvgIpc) is 2.41. The molecular weight excluding hydrogens is 186 g/mol. The fourth-order valence-electron chi connectivity index (χ4n) is 2.40. The molecule has 0 saturated carbocycles. The average molecular weight is 211 g/mol. The minimum Gasteiger partial charge on any atom is -0.386 e. The summed E-state index contributed by atoms with van der Waals surface area (Å²) in [6.07, 6.45) is 3.84. The van der Waals surface area contributed by atoms with Crippen molar-refractivity contribution in [2.45, 2.75) is 46.1 Å². The highest BCUT2D eigenvalue weighted by atomic mass is 15.2. The van der Waals surface area contributed by atoms with Gasteiger partial charge in [0.05, 0.1) is 6.04 Å². The van der Waals surface area contributed by atoms with Gasteiger partial charge in [-0.05, 0) is 51.1 Å². The van der Waals surface area contributed by atoms with Crippen LogP contribution in [0.25, 0.3) is 0 Å². The van der Waals surface area contributed by atoms with Crippen molar-refractivity contribution in [1.29, 1.82) is 5.41 Å². The zero-order valence-electron chi connectivity index (χ0n) is 10.3. The number of rotatable bonds is 3. The molecule has 1 aliphatic heterocycles. The molecule has 3 heteroatoms. The third kappa shape index (κ3) is 3.49. The van der Waals surface area contributed by atoms with E-state index in [1.807, 2.05) is 6.92 Å². The van der Waals surface area contributed by atoms with Crippen LogP contribution in [0.15, 0.2) is 0 Å². The molecule has 0 aromatic rings. The topological polar surface area (TPSA) is 53.1 Å².